The van der Waals surface area contributed by atoms with E-state index in [2.05, 4.69) is 5.32 Å². The molecule has 0 spiro atoms. The van der Waals surface area contributed by atoms with Crippen LogP contribution < -0.4 is 10.1 Å². The van der Waals surface area contributed by atoms with E-state index in [0.717, 1.165) is 25.9 Å². The first-order chi connectivity index (χ1) is 7.34. The minimum atomic E-state index is -0.238. The summed E-state index contributed by atoms with van der Waals surface area (Å²) < 4.78 is 18.4. The van der Waals surface area contributed by atoms with Crippen molar-refractivity contribution in [2.45, 2.75) is 12.8 Å². The lowest BCUT2D eigenvalue weighted by Gasteiger charge is -2.22. The summed E-state index contributed by atoms with van der Waals surface area (Å²) in [7, 11) is 0. The van der Waals surface area contributed by atoms with Crippen LogP contribution in [0.2, 0.25) is 0 Å². The number of halogens is 1. The molecule has 0 aromatic heterocycles. The molecule has 1 heterocycles. The summed E-state index contributed by atoms with van der Waals surface area (Å²) in [6.07, 6.45) is 2.30. The molecule has 82 valence electrons. The maximum atomic E-state index is 12.8. The predicted molar refractivity (Wildman–Crippen MR) is 57.5 cm³/mol. The second-order valence-corrected chi connectivity index (χ2v) is 3.96. The zero-order chi connectivity index (χ0) is 10.5. The van der Waals surface area contributed by atoms with Gasteiger partial charge in [0.15, 0.2) is 0 Å². The maximum Gasteiger partial charge on any atom is 0.126 e. The van der Waals surface area contributed by atoms with E-state index < -0.39 is 0 Å². The molecule has 3 heteroatoms. The molecule has 1 aliphatic rings. The average Bonchev–Trinajstić information content (AvgIpc) is 2.28. The van der Waals surface area contributed by atoms with Crippen LogP contribution in [-0.4, -0.2) is 19.7 Å². The minimum absolute atomic E-state index is 0.238. The highest BCUT2D eigenvalue weighted by molar-refractivity contribution is 5.22. The van der Waals surface area contributed by atoms with Crippen LogP contribution in [0, 0.1) is 11.7 Å². The lowest BCUT2D eigenvalue weighted by molar-refractivity contribution is 0.214. The number of hydrogen-bond donors (Lipinski definition) is 1. The van der Waals surface area contributed by atoms with Crippen molar-refractivity contribution in [1.29, 1.82) is 0 Å². The fraction of sp³-hybridized carbons (Fsp3) is 0.500. The Hall–Kier alpha value is -1.09. The van der Waals surface area contributed by atoms with Crippen molar-refractivity contribution in [2.75, 3.05) is 19.7 Å². The van der Waals surface area contributed by atoms with E-state index in [-0.39, 0.29) is 5.82 Å². The second kappa shape index (κ2) is 5.12. The van der Waals surface area contributed by atoms with Crippen molar-refractivity contribution in [3.05, 3.63) is 30.1 Å². The lowest BCUT2D eigenvalue weighted by atomic mass is 9.99. The van der Waals surface area contributed by atoms with Crippen LogP contribution in [0.5, 0.6) is 5.75 Å². The maximum absolute atomic E-state index is 12.8. The van der Waals surface area contributed by atoms with Gasteiger partial charge >= 0.3 is 0 Å². The summed E-state index contributed by atoms with van der Waals surface area (Å²) in [6.45, 7) is 2.83. The zero-order valence-corrected chi connectivity index (χ0v) is 8.71. The van der Waals surface area contributed by atoms with Gasteiger partial charge in [0.05, 0.1) is 6.61 Å². The minimum Gasteiger partial charge on any atom is -0.493 e. The number of benzene rings is 1. The second-order valence-electron chi connectivity index (χ2n) is 3.96. The van der Waals surface area contributed by atoms with E-state index >= 15 is 0 Å². The quantitative estimate of drug-likeness (QED) is 0.824. The van der Waals surface area contributed by atoms with Crippen LogP contribution in [0.4, 0.5) is 4.39 Å². The topological polar surface area (TPSA) is 21.3 Å². The SMILES string of the molecule is Fc1cccc(OCC2CCNCC2)c1. The van der Waals surface area contributed by atoms with Crippen LogP contribution in [0.3, 0.4) is 0 Å². The molecule has 1 aromatic rings. The average molecular weight is 209 g/mol. The van der Waals surface area contributed by atoms with E-state index in [1.165, 1.54) is 12.1 Å². The third kappa shape index (κ3) is 3.20. The van der Waals surface area contributed by atoms with E-state index in [1.54, 1.807) is 12.1 Å². The Labute approximate surface area is 89.4 Å². The summed E-state index contributed by atoms with van der Waals surface area (Å²) in [4.78, 5) is 0. The molecule has 1 aromatic carbocycles. The Balaban J connectivity index is 1.81. The molecule has 0 bridgehead atoms. The summed E-state index contributed by atoms with van der Waals surface area (Å²) >= 11 is 0. The molecular weight excluding hydrogens is 193 g/mol. The van der Waals surface area contributed by atoms with E-state index in [4.69, 9.17) is 4.74 Å². The summed E-state index contributed by atoms with van der Waals surface area (Å²) in [6, 6.07) is 6.33. The third-order valence-electron chi connectivity index (χ3n) is 2.74. The predicted octanol–water partition coefficient (Wildman–Crippen LogP) is 2.20. The molecular formula is C12H16FNO. The molecule has 0 amide bonds. The van der Waals surface area contributed by atoms with Crippen LogP contribution in [0.15, 0.2) is 24.3 Å². The van der Waals surface area contributed by atoms with E-state index in [9.17, 15) is 4.39 Å². The van der Waals surface area contributed by atoms with Crippen molar-refractivity contribution >= 4 is 0 Å². The van der Waals surface area contributed by atoms with Crippen molar-refractivity contribution in [3.63, 3.8) is 0 Å². The smallest absolute Gasteiger partial charge is 0.126 e. The van der Waals surface area contributed by atoms with Crippen LogP contribution in [0.25, 0.3) is 0 Å². The number of hydrogen-bond acceptors (Lipinski definition) is 2. The van der Waals surface area contributed by atoms with Gasteiger partial charge in [-0.25, -0.2) is 4.39 Å². The molecule has 1 fully saturated rings. The molecule has 2 rings (SSSR count). The van der Waals surface area contributed by atoms with Gasteiger partial charge in [0.2, 0.25) is 0 Å². The molecule has 0 unspecified atom stereocenters. The standard InChI is InChI=1S/C12H16FNO/c13-11-2-1-3-12(8-11)15-9-10-4-6-14-7-5-10/h1-3,8,10,14H,4-7,9H2. The Kier molecular flexibility index (Phi) is 3.56. The molecule has 1 N–H and O–H groups in total. The molecule has 1 saturated heterocycles. The molecule has 0 radical (unpaired) electrons. The fourth-order valence-electron chi connectivity index (χ4n) is 1.82. The van der Waals surface area contributed by atoms with Gasteiger partial charge in [0.1, 0.15) is 11.6 Å². The summed E-state index contributed by atoms with van der Waals surface area (Å²) in [5.74, 6) is 1.00. The number of rotatable bonds is 3. The highest BCUT2D eigenvalue weighted by Gasteiger charge is 2.13. The van der Waals surface area contributed by atoms with Crippen molar-refractivity contribution in [1.82, 2.24) is 5.32 Å². The van der Waals surface area contributed by atoms with E-state index in [0.29, 0.717) is 18.3 Å². The Bertz CT molecular complexity index is 310. The normalized spacial score (nSPS) is 17.7. The molecule has 15 heavy (non-hydrogen) atoms. The number of piperidine rings is 1. The van der Waals surface area contributed by atoms with Crippen molar-refractivity contribution < 1.29 is 9.13 Å². The van der Waals surface area contributed by atoms with Gasteiger partial charge in [-0.1, -0.05) is 6.07 Å². The molecule has 1 aliphatic heterocycles. The van der Waals surface area contributed by atoms with Crippen molar-refractivity contribution in [3.8, 4) is 5.75 Å². The first-order valence-corrected chi connectivity index (χ1v) is 5.44. The van der Waals surface area contributed by atoms with Crippen LogP contribution >= 0.6 is 0 Å². The summed E-state index contributed by atoms with van der Waals surface area (Å²) in [5, 5.41) is 3.31. The summed E-state index contributed by atoms with van der Waals surface area (Å²) in [5.41, 5.74) is 0. The van der Waals surface area contributed by atoms with Gasteiger partial charge < -0.3 is 10.1 Å². The lowest BCUT2D eigenvalue weighted by Crippen LogP contribution is -2.30. The Morgan fingerprint density at radius 1 is 1.33 bits per heavy atom. The third-order valence-corrected chi connectivity index (χ3v) is 2.74. The van der Waals surface area contributed by atoms with Crippen LogP contribution in [0.1, 0.15) is 12.8 Å². The monoisotopic (exact) mass is 209 g/mol. The number of ether oxygens (including phenoxy) is 1. The van der Waals surface area contributed by atoms with Gasteiger partial charge in [-0.2, -0.15) is 0 Å². The van der Waals surface area contributed by atoms with Gasteiger partial charge in [0.25, 0.3) is 0 Å². The first kappa shape index (κ1) is 10.4. The fourth-order valence-corrected chi connectivity index (χ4v) is 1.82. The number of nitrogens with one attached hydrogen (secondary N) is 1. The molecule has 0 atom stereocenters. The van der Waals surface area contributed by atoms with E-state index in [1.807, 2.05) is 0 Å². The van der Waals surface area contributed by atoms with Gasteiger partial charge in [-0.3, -0.25) is 0 Å². The van der Waals surface area contributed by atoms with Crippen molar-refractivity contribution in [2.24, 2.45) is 5.92 Å². The Morgan fingerprint density at radius 2 is 2.13 bits per heavy atom. The van der Waals surface area contributed by atoms with Gasteiger partial charge in [-0.15, -0.1) is 0 Å². The van der Waals surface area contributed by atoms with Gasteiger partial charge in [-0.05, 0) is 44.0 Å². The molecule has 0 aliphatic carbocycles. The first-order valence-electron chi connectivity index (χ1n) is 5.44. The van der Waals surface area contributed by atoms with Crippen LogP contribution in [-0.2, 0) is 0 Å². The largest absolute Gasteiger partial charge is 0.493 e. The molecule has 0 saturated carbocycles. The highest BCUT2D eigenvalue weighted by atomic mass is 19.1. The Morgan fingerprint density at radius 3 is 2.87 bits per heavy atom. The molecule has 2 nitrogen and oxygen atoms in total. The zero-order valence-electron chi connectivity index (χ0n) is 8.71. The van der Waals surface area contributed by atoms with Gasteiger partial charge in [0, 0.05) is 6.07 Å². The highest BCUT2D eigenvalue weighted by Crippen LogP contribution is 2.16.